The summed E-state index contributed by atoms with van der Waals surface area (Å²) in [5.74, 6) is 1.99. The van der Waals surface area contributed by atoms with E-state index in [0.29, 0.717) is 0 Å². The van der Waals surface area contributed by atoms with Crippen LogP contribution in [0.15, 0.2) is 85.2 Å². The fraction of sp³-hybridized carbons (Fsp3) is 0.172. The zero-order valence-corrected chi connectivity index (χ0v) is 18.7. The van der Waals surface area contributed by atoms with Crippen molar-refractivity contribution < 1.29 is 4.74 Å². The number of ether oxygens (including phenoxy) is 1. The summed E-state index contributed by atoms with van der Waals surface area (Å²) in [5, 5.41) is 1.32. The molecule has 0 spiro atoms. The lowest BCUT2D eigenvalue weighted by Gasteiger charge is -2.37. The van der Waals surface area contributed by atoms with Gasteiger partial charge >= 0.3 is 0 Å². The summed E-state index contributed by atoms with van der Waals surface area (Å²) in [6, 6.07) is 25.6. The summed E-state index contributed by atoms with van der Waals surface area (Å²) in [6.07, 6.45) is 5.60. The Kier molecular flexibility index (Phi) is 4.40. The van der Waals surface area contributed by atoms with Crippen LogP contribution >= 0.6 is 0 Å². The number of benzene rings is 2. The van der Waals surface area contributed by atoms with E-state index >= 15 is 0 Å². The molecule has 2 aromatic carbocycles. The average molecular weight is 445 g/mol. The molecule has 5 heterocycles. The lowest BCUT2D eigenvalue weighted by Crippen LogP contribution is -2.36. The van der Waals surface area contributed by atoms with Crippen LogP contribution in [0.1, 0.15) is 28.4 Å². The second kappa shape index (κ2) is 7.73. The molecule has 3 aromatic heterocycles. The molecule has 34 heavy (non-hydrogen) atoms. The van der Waals surface area contributed by atoms with Gasteiger partial charge in [0.1, 0.15) is 11.6 Å². The number of aromatic nitrogens is 3. The molecule has 0 saturated heterocycles. The lowest BCUT2D eigenvalue weighted by molar-refractivity contribution is 0.357. The summed E-state index contributed by atoms with van der Waals surface area (Å²) < 4.78 is 5.79. The van der Waals surface area contributed by atoms with Gasteiger partial charge < -0.3 is 14.6 Å². The highest BCUT2D eigenvalue weighted by atomic mass is 16.5. The standard InChI is InChI=1S/C29H24N4O/c1-2-7-25-22(6-1)23-12-15-33(27-9-3-8-24(31-27)21-5-4-14-30-18-21)29(28(23)32-25)20-10-11-26-19(17-20)13-16-34-26/h1-11,14,17-18,29,32H,12-13,15-16H2. The Labute approximate surface area is 198 Å². The number of nitrogens with zero attached hydrogens (tertiary/aromatic N) is 3. The SMILES string of the molecule is c1cncc(-c2cccc(N3CCc4c([nH]c5ccccc45)C3c3ccc4c(c3)CCO4)n2)c1. The molecule has 0 fully saturated rings. The molecule has 0 bridgehead atoms. The third-order valence-corrected chi connectivity index (χ3v) is 7.05. The smallest absolute Gasteiger partial charge is 0.130 e. The van der Waals surface area contributed by atoms with Crippen molar-refractivity contribution in [2.75, 3.05) is 18.1 Å². The van der Waals surface area contributed by atoms with Crippen LogP contribution in [0, 0.1) is 0 Å². The second-order valence-electron chi connectivity index (χ2n) is 9.00. The molecule has 0 saturated carbocycles. The van der Waals surface area contributed by atoms with E-state index in [9.17, 15) is 0 Å². The van der Waals surface area contributed by atoms with Crippen molar-refractivity contribution in [2.45, 2.75) is 18.9 Å². The highest BCUT2D eigenvalue weighted by Gasteiger charge is 2.33. The van der Waals surface area contributed by atoms with E-state index in [-0.39, 0.29) is 6.04 Å². The van der Waals surface area contributed by atoms with E-state index in [2.05, 4.69) is 81.6 Å². The third kappa shape index (κ3) is 3.08. The Bertz CT molecular complexity index is 1510. The van der Waals surface area contributed by atoms with Crippen molar-refractivity contribution in [1.82, 2.24) is 15.0 Å². The van der Waals surface area contributed by atoms with Gasteiger partial charge in [0.25, 0.3) is 0 Å². The number of rotatable bonds is 3. The molecule has 5 aromatic rings. The number of aromatic amines is 1. The van der Waals surface area contributed by atoms with Gasteiger partial charge in [0, 0.05) is 47.5 Å². The molecule has 5 nitrogen and oxygen atoms in total. The topological polar surface area (TPSA) is 54.0 Å². The minimum absolute atomic E-state index is 0.0544. The first kappa shape index (κ1) is 19.4. The molecule has 2 aliphatic rings. The van der Waals surface area contributed by atoms with Gasteiger partial charge in [0.15, 0.2) is 0 Å². The van der Waals surface area contributed by atoms with Gasteiger partial charge in [-0.3, -0.25) is 4.98 Å². The summed E-state index contributed by atoms with van der Waals surface area (Å²) in [7, 11) is 0. The predicted molar refractivity (Wildman–Crippen MR) is 134 cm³/mol. The number of nitrogens with one attached hydrogen (secondary N) is 1. The largest absolute Gasteiger partial charge is 0.493 e. The van der Waals surface area contributed by atoms with E-state index in [0.717, 1.165) is 48.8 Å². The molecule has 0 aliphatic carbocycles. The number of hydrogen-bond donors (Lipinski definition) is 1. The Morgan fingerprint density at radius 3 is 2.85 bits per heavy atom. The molecule has 7 rings (SSSR count). The van der Waals surface area contributed by atoms with E-state index in [4.69, 9.17) is 9.72 Å². The van der Waals surface area contributed by atoms with E-state index in [1.807, 2.05) is 12.3 Å². The Hall–Kier alpha value is -4.12. The first-order chi connectivity index (χ1) is 16.8. The van der Waals surface area contributed by atoms with Crippen LogP contribution in [-0.2, 0) is 12.8 Å². The van der Waals surface area contributed by atoms with Gasteiger partial charge in [-0.2, -0.15) is 0 Å². The van der Waals surface area contributed by atoms with Crippen LogP contribution in [0.2, 0.25) is 0 Å². The molecular formula is C29H24N4O. The number of H-pyrrole nitrogens is 1. The highest BCUT2D eigenvalue weighted by molar-refractivity contribution is 5.86. The van der Waals surface area contributed by atoms with Crippen LogP contribution in [0.5, 0.6) is 5.75 Å². The fourth-order valence-electron chi connectivity index (χ4n) is 5.47. The quantitative estimate of drug-likeness (QED) is 0.387. The average Bonchev–Trinajstić information content (AvgIpc) is 3.53. The molecule has 1 N–H and O–H groups in total. The zero-order chi connectivity index (χ0) is 22.5. The van der Waals surface area contributed by atoms with Crippen molar-refractivity contribution in [2.24, 2.45) is 0 Å². The number of pyridine rings is 2. The van der Waals surface area contributed by atoms with Gasteiger partial charge in [0.2, 0.25) is 0 Å². The third-order valence-electron chi connectivity index (χ3n) is 7.05. The van der Waals surface area contributed by atoms with Crippen LogP contribution in [0.25, 0.3) is 22.2 Å². The molecule has 166 valence electrons. The summed E-state index contributed by atoms with van der Waals surface area (Å²) in [6.45, 7) is 1.66. The molecular weight excluding hydrogens is 420 g/mol. The summed E-state index contributed by atoms with van der Waals surface area (Å²) >= 11 is 0. The normalized spacial score (nSPS) is 16.8. The molecule has 0 radical (unpaired) electrons. The first-order valence-corrected chi connectivity index (χ1v) is 11.8. The van der Waals surface area contributed by atoms with Gasteiger partial charge in [0.05, 0.1) is 18.3 Å². The van der Waals surface area contributed by atoms with Gasteiger partial charge in [-0.25, -0.2) is 4.98 Å². The Morgan fingerprint density at radius 1 is 0.941 bits per heavy atom. The second-order valence-corrected chi connectivity index (χ2v) is 9.00. The Morgan fingerprint density at radius 2 is 1.91 bits per heavy atom. The predicted octanol–water partition coefficient (Wildman–Crippen LogP) is 5.71. The van der Waals surface area contributed by atoms with E-state index < -0.39 is 0 Å². The molecule has 1 atom stereocenters. The monoisotopic (exact) mass is 444 g/mol. The molecule has 1 unspecified atom stereocenters. The molecule has 0 amide bonds. The zero-order valence-electron chi connectivity index (χ0n) is 18.7. The summed E-state index contributed by atoms with van der Waals surface area (Å²) in [4.78, 5) is 15.6. The van der Waals surface area contributed by atoms with Gasteiger partial charge in [-0.05, 0) is 65.6 Å². The van der Waals surface area contributed by atoms with E-state index in [1.165, 1.54) is 33.3 Å². The number of hydrogen-bond acceptors (Lipinski definition) is 4. The van der Waals surface area contributed by atoms with Crippen LogP contribution in [0.3, 0.4) is 0 Å². The van der Waals surface area contributed by atoms with Crippen molar-refractivity contribution in [3.63, 3.8) is 0 Å². The highest BCUT2D eigenvalue weighted by Crippen LogP contribution is 2.42. The molecule has 2 aliphatic heterocycles. The fourth-order valence-corrected chi connectivity index (χ4v) is 5.47. The number of fused-ring (bicyclic) bond motifs is 4. The Balaban J connectivity index is 1.39. The van der Waals surface area contributed by atoms with Gasteiger partial charge in [-0.1, -0.05) is 30.3 Å². The van der Waals surface area contributed by atoms with E-state index in [1.54, 1.807) is 6.20 Å². The van der Waals surface area contributed by atoms with Crippen molar-refractivity contribution in [1.29, 1.82) is 0 Å². The van der Waals surface area contributed by atoms with Crippen molar-refractivity contribution in [3.8, 4) is 17.0 Å². The van der Waals surface area contributed by atoms with Crippen LogP contribution in [0.4, 0.5) is 5.82 Å². The summed E-state index contributed by atoms with van der Waals surface area (Å²) in [5.41, 5.74) is 8.40. The first-order valence-electron chi connectivity index (χ1n) is 11.8. The minimum Gasteiger partial charge on any atom is -0.493 e. The minimum atomic E-state index is 0.0544. The maximum atomic E-state index is 5.79. The van der Waals surface area contributed by atoms with Crippen LogP contribution < -0.4 is 9.64 Å². The number of anilines is 1. The number of para-hydroxylation sites is 1. The van der Waals surface area contributed by atoms with Crippen molar-refractivity contribution in [3.05, 3.63) is 108 Å². The van der Waals surface area contributed by atoms with Gasteiger partial charge in [-0.15, -0.1) is 0 Å². The van der Waals surface area contributed by atoms with Crippen molar-refractivity contribution >= 4 is 16.7 Å². The maximum absolute atomic E-state index is 5.79. The molecule has 5 heteroatoms. The maximum Gasteiger partial charge on any atom is 0.130 e. The lowest BCUT2D eigenvalue weighted by atomic mass is 9.91. The van der Waals surface area contributed by atoms with Crippen LogP contribution in [-0.4, -0.2) is 28.1 Å².